The third-order valence-corrected chi connectivity index (χ3v) is 6.28. The van der Waals surface area contributed by atoms with Crippen LogP contribution in [-0.4, -0.2) is 35.3 Å². The molecule has 0 unspecified atom stereocenters. The van der Waals surface area contributed by atoms with Gasteiger partial charge in [0, 0.05) is 18.3 Å². The van der Waals surface area contributed by atoms with Crippen molar-refractivity contribution in [1.29, 1.82) is 0 Å². The van der Waals surface area contributed by atoms with Crippen LogP contribution in [-0.2, 0) is 23.8 Å². The van der Waals surface area contributed by atoms with E-state index in [4.69, 9.17) is 14.2 Å². The van der Waals surface area contributed by atoms with Gasteiger partial charge in [-0.1, -0.05) is 6.92 Å². The maximum absolute atomic E-state index is 12.0. The van der Waals surface area contributed by atoms with Crippen LogP contribution in [0.15, 0.2) is 0 Å². The first-order valence-corrected chi connectivity index (χ1v) is 8.09. The summed E-state index contributed by atoms with van der Waals surface area (Å²) in [5.74, 6) is -0.305. The lowest BCUT2D eigenvalue weighted by Gasteiger charge is -2.52. The lowest BCUT2D eigenvalue weighted by atomic mass is 9.56. The second kappa shape index (κ2) is 4.47. The van der Waals surface area contributed by atoms with Crippen LogP contribution in [0.1, 0.15) is 60.3 Å². The van der Waals surface area contributed by atoms with Gasteiger partial charge in [0.25, 0.3) is 0 Å². The Labute approximate surface area is 131 Å². The van der Waals surface area contributed by atoms with Gasteiger partial charge in [0.15, 0.2) is 0 Å². The number of esters is 2. The molecule has 2 heterocycles. The first-order valence-electron chi connectivity index (χ1n) is 8.09. The third-order valence-electron chi connectivity index (χ3n) is 6.28. The normalized spacial score (nSPS) is 44.2. The highest BCUT2D eigenvalue weighted by Gasteiger charge is 2.74. The van der Waals surface area contributed by atoms with Gasteiger partial charge in [-0.15, -0.1) is 0 Å². The molecule has 2 saturated heterocycles. The van der Waals surface area contributed by atoms with Gasteiger partial charge in [0.1, 0.15) is 16.8 Å². The molecule has 1 saturated carbocycles. The number of ether oxygens (including phenoxy) is 3. The molecule has 0 radical (unpaired) electrons. The van der Waals surface area contributed by atoms with Crippen LogP contribution in [0.2, 0.25) is 0 Å². The zero-order valence-corrected chi connectivity index (χ0v) is 14.2. The number of carbonyl (C=O) groups excluding carboxylic acids is 2. The Balaban J connectivity index is 1.94. The van der Waals surface area contributed by atoms with Crippen molar-refractivity contribution in [3.63, 3.8) is 0 Å². The van der Waals surface area contributed by atoms with E-state index in [2.05, 4.69) is 6.92 Å². The summed E-state index contributed by atoms with van der Waals surface area (Å²) < 4.78 is 17.5. The molecule has 1 aliphatic carbocycles. The van der Waals surface area contributed by atoms with E-state index in [1.165, 1.54) is 6.92 Å². The van der Waals surface area contributed by atoms with Gasteiger partial charge >= 0.3 is 11.9 Å². The van der Waals surface area contributed by atoms with E-state index in [1.807, 2.05) is 20.8 Å². The van der Waals surface area contributed by atoms with Gasteiger partial charge in [-0.3, -0.25) is 9.59 Å². The predicted molar refractivity (Wildman–Crippen MR) is 79.1 cm³/mol. The van der Waals surface area contributed by atoms with E-state index in [0.29, 0.717) is 19.4 Å². The lowest BCUT2D eigenvalue weighted by molar-refractivity contribution is -0.189. The second-order valence-corrected chi connectivity index (χ2v) is 8.19. The summed E-state index contributed by atoms with van der Waals surface area (Å²) in [4.78, 5) is 23.4. The fourth-order valence-corrected chi connectivity index (χ4v) is 4.89. The molecule has 1 spiro atoms. The van der Waals surface area contributed by atoms with Crippen LogP contribution in [0.4, 0.5) is 0 Å². The summed E-state index contributed by atoms with van der Waals surface area (Å²) in [6, 6.07) is 0. The molecule has 3 fully saturated rings. The number of carbonyl (C=O) groups is 2. The maximum Gasteiger partial charge on any atom is 0.309 e. The molecular formula is C17H26O5. The van der Waals surface area contributed by atoms with Crippen molar-refractivity contribution in [2.75, 3.05) is 6.61 Å². The van der Waals surface area contributed by atoms with Crippen LogP contribution in [0.3, 0.4) is 0 Å². The zero-order chi connectivity index (χ0) is 16.4. The Morgan fingerprint density at radius 2 is 2.05 bits per heavy atom. The molecule has 2 aliphatic heterocycles. The highest BCUT2D eigenvalue weighted by molar-refractivity contribution is 5.75. The summed E-state index contributed by atoms with van der Waals surface area (Å²) in [7, 11) is 0. The smallest absolute Gasteiger partial charge is 0.309 e. The number of hydrogen-bond acceptors (Lipinski definition) is 5. The van der Waals surface area contributed by atoms with Crippen LogP contribution < -0.4 is 0 Å². The van der Waals surface area contributed by atoms with E-state index >= 15 is 0 Å². The predicted octanol–water partition coefficient (Wildman–Crippen LogP) is 2.61. The summed E-state index contributed by atoms with van der Waals surface area (Å²) in [6.07, 6.45) is 2.84. The van der Waals surface area contributed by atoms with Crippen LogP contribution >= 0.6 is 0 Å². The molecule has 124 valence electrons. The highest BCUT2D eigenvalue weighted by atomic mass is 16.6. The van der Waals surface area contributed by atoms with Crippen molar-refractivity contribution < 1.29 is 23.8 Å². The van der Waals surface area contributed by atoms with Gasteiger partial charge in [-0.2, -0.15) is 0 Å². The minimum atomic E-state index is -0.600. The molecule has 0 N–H and O–H groups in total. The van der Waals surface area contributed by atoms with Crippen LogP contribution in [0.25, 0.3) is 0 Å². The van der Waals surface area contributed by atoms with Crippen LogP contribution in [0.5, 0.6) is 0 Å². The maximum atomic E-state index is 12.0. The summed E-state index contributed by atoms with van der Waals surface area (Å²) in [5, 5.41) is 0. The Hall–Kier alpha value is -1.10. The quantitative estimate of drug-likeness (QED) is 0.734. The summed E-state index contributed by atoms with van der Waals surface area (Å²) in [6.45, 7) is 10.1. The van der Waals surface area contributed by atoms with Crippen molar-refractivity contribution in [2.45, 2.75) is 77.1 Å². The average Bonchev–Trinajstić information content (AvgIpc) is 2.73. The minimum Gasteiger partial charge on any atom is -0.460 e. The van der Waals surface area contributed by atoms with Gasteiger partial charge in [-0.05, 0) is 40.0 Å². The molecule has 5 heteroatoms. The molecule has 0 aromatic heterocycles. The molecule has 3 rings (SSSR count). The molecule has 4 atom stereocenters. The molecular weight excluding hydrogens is 284 g/mol. The van der Waals surface area contributed by atoms with Crippen molar-refractivity contribution in [3.8, 4) is 0 Å². The Kier molecular flexibility index (Phi) is 3.20. The molecule has 0 bridgehead atoms. The van der Waals surface area contributed by atoms with E-state index in [-0.39, 0.29) is 23.3 Å². The monoisotopic (exact) mass is 310 g/mol. The largest absolute Gasteiger partial charge is 0.460 e. The van der Waals surface area contributed by atoms with E-state index < -0.39 is 16.8 Å². The first kappa shape index (κ1) is 15.8. The minimum absolute atomic E-state index is 0.149. The Bertz CT molecular complexity index is 527. The zero-order valence-electron chi connectivity index (χ0n) is 14.2. The fourth-order valence-electron chi connectivity index (χ4n) is 4.89. The summed E-state index contributed by atoms with van der Waals surface area (Å²) in [5.41, 5.74) is -1.89. The average molecular weight is 310 g/mol. The second-order valence-electron chi connectivity index (χ2n) is 8.19. The Morgan fingerprint density at radius 3 is 2.68 bits per heavy atom. The SMILES string of the molecule is CC(=O)OC(C)(C)[C@@H]1CC[C@@]2(C)CO[C@]3(C)CC(=O)O[C@]23C1. The topological polar surface area (TPSA) is 61.8 Å². The van der Waals surface area contributed by atoms with Gasteiger partial charge < -0.3 is 14.2 Å². The Morgan fingerprint density at radius 1 is 1.36 bits per heavy atom. The van der Waals surface area contributed by atoms with E-state index in [0.717, 1.165) is 12.8 Å². The molecule has 5 nitrogen and oxygen atoms in total. The standard InChI is InChI=1S/C17H26O5/c1-11(18)21-14(2,3)12-6-7-15(4)10-20-16(5)9-13(19)22-17(15,16)8-12/h12H,6-10H2,1-5H3/t12-,15+,16-,17-/m1/s1. The van der Waals surface area contributed by atoms with Gasteiger partial charge in [0.05, 0.1) is 13.0 Å². The lowest BCUT2D eigenvalue weighted by Crippen LogP contribution is -2.60. The molecule has 0 amide bonds. The summed E-state index contributed by atoms with van der Waals surface area (Å²) >= 11 is 0. The molecule has 0 aromatic carbocycles. The highest BCUT2D eigenvalue weighted by Crippen LogP contribution is 2.64. The molecule has 0 aromatic rings. The van der Waals surface area contributed by atoms with Crippen molar-refractivity contribution in [3.05, 3.63) is 0 Å². The molecule has 22 heavy (non-hydrogen) atoms. The van der Waals surface area contributed by atoms with E-state index in [1.54, 1.807) is 0 Å². The van der Waals surface area contributed by atoms with Gasteiger partial charge in [-0.25, -0.2) is 0 Å². The molecule has 3 aliphatic rings. The van der Waals surface area contributed by atoms with Gasteiger partial charge in [0.2, 0.25) is 0 Å². The van der Waals surface area contributed by atoms with Crippen molar-refractivity contribution >= 4 is 11.9 Å². The third kappa shape index (κ3) is 1.94. The van der Waals surface area contributed by atoms with E-state index in [9.17, 15) is 9.59 Å². The number of rotatable bonds is 2. The fraction of sp³-hybridized carbons (Fsp3) is 0.882. The van der Waals surface area contributed by atoms with Crippen molar-refractivity contribution in [2.24, 2.45) is 11.3 Å². The first-order chi connectivity index (χ1) is 10.0. The number of hydrogen-bond donors (Lipinski definition) is 0. The van der Waals surface area contributed by atoms with Crippen molar-refractivity contribution in [1.82, 2.24) is 0 Å². The van der Waals surface area contributed by atoms with Crippen LogP contribution in [0, 0.1) is 11.3 Å².